The van der Waals surface area contributed by atoms with E-state index >= 15 is 0 Å². The van der Waals surface area contributed by atoms with Gasteiger partial charge in [0.25, 0.3) is 0 Å². The highest BCUT2D eigenvalue weighted by molar-refractivity contribution is 7.90. The number of benzene rings is 1. The predicted molar refractivity (Wildman–Crippen MR) is 58.0 cm³/mol. The first-order valence-electron chi connectivity index (χ1n) is 4.92. The summed E-state index contributed by atoms with van der Waals surface area (Å²) in [7, 11) is -3.17. The molecule has 1 fully saturated rings. The number of hydrogen-bond donors (Lipinski definition) is 1. The number of carbonyl (C=O) groups is 1. The Morgan fingerprint density at radius 2 is 1.88 bits per heavy atom. The third kappa shape index (κ3) is 2.09. The van der Waals surface area contributed by atoms with Crippen LogP contribution in [0.3, 0.4) is 0 Å². The second-order valence-corrected chi connectivity index (χ2v) is 6.14. The van der Waals surface area contributed by atoms with Gasteiger partial charge in [0.15, 0.2) is 9.84 Å². The fraction of sp³-hybridized carbons (Fsp3) is 0.364. The fourth-order valence-corrected chi connectivity index (χ4v) is 2.43. The van der Waals surface area contributed by atoms with Crippen LogP contribution in [0.2, 0.25) is 0 Å². The number of carboxylic acids is 1. The van der Waals surface area contributed by atoms with Crippen molar-refractivity contribution < 1.29 is 18.3 Å². The molecule has 16 heavy (non-hydrogen) atoms. The summed E-state index contributed by atoms with van der Waals surface area (Å²) < 4.78 is 22.4. The Morgan fingerprint density at radius 1 is 1.31 bits per heavy atom. The van der Waals surface area contributed by atoms with Crippen molar-refractivity contribution in [1.29, 1.82) is 0 Å². The van der Waals surface area contributed by atoms with Crippen molar-refractivity contribution in [1.82, 2.24) is 0 Å². The van der Waals surface area contributed by atoms with Crippen LogP contribution in [-0.2, 0) is 14.6 Å². The van der Waals surface area contributed by atoms with E-state index in [1.165, 1.54) is 12.1 Å². The fourth-order valence-electron chi connectivity index (χ4n) is 1.80. The van der Waals surface area contributed by atoms with Crippen LogP contribution in [0.5, 0.6) is 0 Å². The van der Waals surface area contributed by atoms with E-state index in [1.807, 2.05) is 0 Å². The molecule has 2 atom stereocenters. The summed E-state index contributed by atoms with van der Waals surface area (Å²) in [6, 6.07) is 6.46. The standard InChI is InChI=1S/C11H12O4S/c1-16(14,15)8-4-2-7(3-5-8)9-6-10(9)11(12)13/h2-5,9-10H,6H2,1H3,(H,12,13)/t9-,10+/m0/s1. The molecule has 0 unspecified atom stereocenters. The van der Waals surface area contributed by atoms with Crippen LogP contribution in [0.1, 0.15) is 17.9 Å². The Labute approximate surface area is 93.8 Å². The number of hydrogen-bond acceptors (Lipinski definition) is 3. The van der Waals surface area contributed by atoms with E-state index in [9.17, 15) is 13.2 Å². The Kier molecular flexibility index (Phi) is 2.50. The molecule has 1 saturated carbocycles. The molecule has 0 aliphatic heterocycles. The maximum absolute atomic E-state index is 11.2. The topological polar surface area (TPSA) is 71.4 Å². The average molecular weight is 240 g/mol. The largest absolute Gasteiger partial charge is 0.481 e. The van der Waals surface area contributed by atoms with Gasteiger partial charge in [-0.15, -0.1) is 0 Å². The van der Waals surface area contributed by atoms with Crippen LogP contribution < -0.4 is 0 Å². The van der Waals surface area contributed by atoms with Gasteiger partial charge in [-0.1, -0.05) is 12.1 Å². The Balaban J connectivity index is 2.19. The van der Waals surface area contributed by atoms with E-state index < -0.39 is 15.8 Å². The highest BCUT2D eigenvalue weighted by atomic mass is 32.2. The Hall–Kier alpha value is -1.36. The summed E-state index contributed by atoms with van der Waals surface area (Å²) >= 11 is 0. The molecule has 1 aliphatic rings. The van der Waals surface area contributed by atoms with E-state index in [2.05, 4.69) is 0 Å². The molecule has 0 aromatic heterocycles. The van der Waals surface area contributed by atoms with E-state index in [1.54, 1.807) is 12.1 Å². The van der Waals surface area contributed by atoms with Crippen LogP contribution in [0.25, 0.3) is 0 Å². The van der Waals surface area contributed by atoms with Crippen LogP contribution in [0.15, 0.2) is 29.2 Å². The summed E-state index contributed by atoms with van der Waals surface area (Å²) in [6.45, 7) is 0. The zero-order chi connectivity index (χ0) is 11.9. The molecular formula is C11H12O4S. The summed E-state index contributed by atoms with van der Waals surface area (Å²) in [5, 5.41) is 8.77. The van der Waals surface area contributed by atoms with Gasteiger partial charge in [0, 0.05) is 6.26 Å². The van der Waals surface area contributed by atoms with Crippen molar-refractivity contribution in [2.24, 2.45) is 5.92 Å². The molecule has 0 bridgehead atoms. The van der Waals surface area contributed by atoms with Gasteiger partial charge in [-0.05, 0) is 30.0 Å². The maximum Gasteiger partial charge on any atom is 0.307 e. The Morgan fingerprint density at radius 3 is 2.25 bits per heavy atom. The highest BCUT2D eigenvalue weighted by Gasteiger charge is 2.44. The second kappa shape index (κ2) is 3.59. The smallest absolute Gasteiger partial charge is 0.307 e. The number of sulfone groups is 1. The van der Waals surface area contributed by atoms with Gasteiger partial charge < -0.3 is 5.11 Å². The molecule has 0 radical (unpaired) electrons. The van der Waals surface area contributed by atoms with E-state index in [0.717, 1.165) is 11.8 Å². The minimum Gasteiger partial charge on any atom is -0.481 e. The van der Waals surface area contributed by atoms with Crippen molar-refractivity contribution in [2.75, 3.05) is 6.26 Å². The minimum absolute atomic E-state index is 0.0473. The van der Waals surface area contributed by atoms with Gasteiger partial charge in [-0.2, -0.15) is 0 Å². The molecule has 0 spiro atoms. The van der Waals surface area contributed by atoms with Crippen molar-refractivity contribution in [2.45, 2.75) is 17.2 Å². The number of carboxylic acid groups (broad SMARTS) is 1. The van der Waals surface area contributed by atoms with Crippen LogP contribution in [0.4, 0.5) is 0 Å². The summed E-state index contributed by atoms with van der Waals surface area (Å²) in [6.07, 6.45) is 1.80. The molecule has 1 N–H and O–H groups in total. The monoisotopic (exact) mass is 240 g/mol. The van der Waals surface area contributed by atoms with Crippen LogP contribution in [-0.4, -0.2) is 25.7 Å². The molecule has 5 heteroatoms. The molecule has 0 saturated heterocycles. The first-order valence-corrected chi connectivity index (χ1v) is 6.81. The molecule has 1 aliphatic carbocycles. The van der Waals surface area contributed by atoms with Gasteiger partial charge in [-0.3, -0.25) is 4.79 Å². The molecule has 1 aromatic carbocycles. The summed E-state index contributed by atoms with van der Waals surface area (Å²) in [5.74, 6) is -1.03. The third-order valence-electron chi connectivity index (χ3n) is 2.84. The quantitative estimate of drug-likeness (QED) is 0.863. The molecule has 2 rings (SSSR count). The molecule has 86 valence electrons. The van der Waals surface area contributed by atoms with Crippen LogP contribution >= 0.6 is 0 Å². The lowest BCUT2D eigenvalue weighted by Gasteiger charge is -2.01. The van der Waals surface area contributed by atoms with E-state index in [0.29, 0.717) is 6.42 Å². The van der Waals surface area contributed by atoms with Crippen LogP contribution in [0, 0.1) is 5.92 Å². The number of aliphatic carboxylic acids is 1. The lowest BCUT2D eigenvalue weighted by atomic mass is 10.1. The predicted octanol–water partition coefficient (Wildman–Crippen LogP) is 1.28. The number of rotatable bonds is 3. The molecular weight excluding hydrogens is 228 g/mol. The molecule has 1 aromatic rings. The zero-order valence-electron chi connectivity index (χ0n) is 8.75. The van der Waals surface area contributed by atoms with Gasteiger partial charge in [0.2, 0.25) is 0 Å². The highest BCUT2D eigenvalue weighted by Crippen LogP contribution is 2.47. The van der Waals surface area contributed by atoms with Gasteiger partial charge in [0.1, 0.15) is 0 Å². The average Bonchev–Trinajstić information content (AvgIpc) is 2.96. The SMILES string of the molecule is CS(=O)(=O)c1ccc([C@@H]2C[C@H]2C(=O)O)cc1. The third-order valence-corrected chi connectivity index (χ3v) is 3.97. The van der Waals surface area contributed by atoms with Crippen molar-refractivity contribution >= 4 is 15.8 Å². The molecule has 0 amide bonds. The zero-order valence-corrected chi connectivity index (χ0v) is 9.57. The van der Waals surface area contributed by atoms with E-state index in [-0.39, 0.29) is 16.7 Å². The normalized spacial score (nSPS) is 24.1. The molecule has 0 heterocycles. The van der Waals surface area contributed by atoms with Crippen molar-refractivity contribution in [3.63, 3.8) is 0 Å². The first kappa shape index (κ1) is 11.1. The minimum atomic E-state index is -3.17. The Bertz CT molecular complexity index is 515. The summed E-state index contributed by atoms with van der Waals surface area (Å²) in [4.78, 5) is 10.9. The maximum atomic E-state index is 11.2. The molecule has 4 nitrogen and oxygen atoms in total. The van der Waals surface area contributed by atoms with Gasteiger partial charge in [-0.25, -0.2) is 8.42 Å². The lowest BCUT2D eigenvalue weighted by Crippen LogP contribution is -2.00. The van der Waals surface area contributed by atoms with Crippen molar-refractivity contribution in [3.05, 3.63) is 29.8 Å². The first-order chi connectivity index (χ1) is 7.39. The summed E-state index contributed by atoms with van der Waals surface area (Å²) in [5.41, 5.74) is 0.903. The van der Waals surface area contributed by atoms with Crippen molar-refractivity contribution in [3.8, 4) is 0 Å². The van der Waals surface area contributed by atoms with Gasteiger partial charge >= 0.3 is 5.97 Å². The lowest BCUT2D eigenvalue weighted by molar-refractivity contribution is -0.138. The van der Waals surface area contributed by atoms with Gasteiger partial charge in [0.05, 0.1) is 10.8 Å². The van der Waals surface area contributed by atoms with E-state index in [4.69, 9.17) is 5.11 Å². The second-order valence-electron chi connectivity index (χ2n) is 4.13.